The minimum absolute atomic E-state index is 0.224. The molecule has 3 nitrogen and oxygen atoms in total. The van der Waals surface area contributed by atoms with Crippen molar-refractivity contribution in [3.8, 4) is 0 Å². The fraction of sp³-hybridized carbons (Fsp3) is 0.900. The van der Waals surface area contributed by atoms with Crippen molar-refractivity contribution in [1.82, 2.24) is 4.90 Å². The molecule has 1 aliphatic heterocycles. The third kappa shape index (κ3) is 2.69. The molecule has 1 aliphatic rings. The quantitative estimate of drug-likeness (QED) is 0.695. The number of piperidine rings is 1. The molecule has 0 saturated carbocycles. The maximum Gasteiger partial charge on any atom is 0.224 e. The van der Waals surface area contributed by atoms with Gasteiger partial charge in [0.05, 0.1) is 0 Å². The van der Waals surface area contributed by atoms with Gasteiger partial charge in [0.1, 0.15) is 0 Å². The molecule has 76 valence electrons. The monoisotopic (exact) mass is 184 g/mol. The molecule has 3 heteroatoms. The molecule has 0 aromatic heterocycles. The van der Waals surface area contributed by atoms with Gasteiger partial charge >= 0.3 is 0 Å². The minimum Gasteiger partial charge on any atom is -0.340 e. The molecule has 1 saturated heterocycles. The number of carbonyl (C=O) groups excluding carboxylic acids is 1. The summed E-state index contributed by atoms with van der Waals surface area (Å²) in [4.78, 5) is 13.5. The van der Waals surface area contributed by atoms with E-state index in [0.29, 0.717) is 19.0 Å². The first kappa shape index (κ1) is 10.5. The lowest BCUT2D eigenvalue weighted by molar-refractivity contribution is -0.134. The summed E-state index contributed by atoms with van der Waals surface area (Å²) >= 11 is 0. The van der Waals surface area contributed by atoms with Crippen LogP contribution in [0.2, 0.25) is 0 Å². The summed E-state index contributed by atoms with van der Waals surface area (Å²) in [6.45, 7) is 5.77. The normalized spacial score (nSPS) is 29.0. The molecule has 2 atom stereocenters. The molecule has 1 rings (SSSR count). The van der Waals surface area contributed by atoms with Gasteiger partial charge in [0, 0.05) is 25.6 Å². The summed E-state index contributed by atoms with van der Waals surface area (Å²) < 4.78 is 0. The lowest BCUT2D eigenvalue weighted by Crippen LogP contribution is -2.44. The first-order valence-corrected chi connectivity index (χ1v) is 5.14. The third-order valence-corrected chi connectivity index (χ3v) is 2.82. The van der Waals surface area contributed by atoms with Gasteiger partial charge in [-0.05, 0) is 25.7 Å². The van der Waals surface area contributed by atoms with Crippen molar-refractivity contribution in [3.63, 3.8) is 0 Å². The van der Waals surface area contributed by atoms with Gasteiger partial charge in [-0.15, -0.1) is 0 Å². The Morgan fingerprint density at radius 2 is 2.23 bits per heavy atom. The van der Waals surface area contributed by atoms with Crippen LogP contribution in [0.3, 0.4) is 0 Å². The van der Waals surface area contributed by atoms with Crippen LogP contribution in [0.1, 0.15) is 33.1 Å². The highest BCUT2D eigenvalue weighted by Gasteiger charge is 2.25. The zero-order valence-corrected chi connectivity index (χ0v) is 8.62. The summed E-state index contributed by atoms with van der Waals surface area (Å²) in [6, 6.07) is 0.405. The second kappa shape index (κ2) is 4.61. The van der Waals surface area contributed by atoms with Crippen molar-refractivity contribution in [2.24, 2.45) is 11.7 Å². The predicted molar refractivity (Wildman–Crippen MR) is 53.2 cm³/mol. The number of rotatable bonds is 2. The Kier molecular flexibility index (Phi) is 3.72. The van der Waals surface area contributed by atoms with E-state index in [1.165, 1.54) is 0 Å². The van der Waals surface area contributed by atoms with Crippen molar-refractivity contribution in [1.29, 1.82) is 0 Å². The summed E-state index contributed by atoms with van der Waals surface area (Å²) in [5.74, 6) is 0.985. The summed E-state index contributed by atoms with van der Waals surface area (Å²) in [5.41, 5.74) is 5.36. The van der Waals surface area contributed by atoms with E-state index in [-0.39, 0.29) is 5.91 Å². The predicted octanol–water partition coefficient (Wildman–Crippen LogP) is 0.982. The van der Waals surface area contributed by atoms with Crippen molar-refractivity contribution >= 4 is 5.91 Å². The Morgan fingerprint density at radius 1 is 1.54 bits per heavy atom. The van der Waals surface area contributed by atoms with Crippen LogP contribution in [0.15, 0.2) is 0 Å². The zero-order chi connectivity index (χ0) is 9.84. The molecule has 0 aromatic rings. The van der Waals surface area contributed by atoms with Gasteiger partial charge in [0.15, 0.2) is 0 Å². The van der Waals surface area contributed by atoms with E-state index in [1.54, 1.807) is 0 Å². The summed E-state index contributed by atoms with van der Waals surface area (Å²) in [6.07, 6.45) is 2.77. The minimum atomic E-state index is 0.224. The maximum atomic E-state index is 11.6. The molecule has 1 fully saturated rings. The van der Waals surface area contributed by atoms with Gasteiger partial charge in [-0.2, -0.15) is 0 Å². The van der Waals surface area contributed by atoms with E-state index < -0.39 is 0 Å². The van der Waals surface area contributed by atoms with E-state index in [4.69, 9.17) is 5.73 Å². The number of hydrogen-bond acceptors (Lipinski definition) is 2. The Labute approximate surface area is 80.3 Å². The Balaban J connectivity index is 2.45. The fourth-order valence-corrected chi connectivity index (χ4v) is 2.04. The molecule has 1 amide bonds. The zero-order valence-electron chi connectivity index (χ0n) is 8.62. The molecular formula is C10H20N2O. The number of hydrogen-bond donors (Lipinski definition) is 1. The van der Waals surface area contributed by atoms with Gasteiger partial charge in [0.2, 0.25) is 5.91 Å². The number of likely N-dealkylation sites (tertiary alicyclic amines) is 1. The largest absolute Gasteiger partial charge is 0.340 e. The summed E-state index contributed by atoms with van der Waals surface area (Å²) in [5, 5.41) is 0. The number of nitrogens with two attached hydrogens (primary N) is 1. The smallest absolute Gasteiger partial charge is 0.224 e. The van der Waals surface area contributed by atoms with E-state index in [2.05, 4.69) is 13.8 Å². The molecule has 2 N–H and O–H groups in total. The van der Waals surface area contributed by atoms with Crippen molar-refractivity contribution < 1.29 is 4.79 Å². The van der Waals surface area contributed by atoms with Gasteiger partial charge in [-0.25, -0.2) is 0 Å². The Hall–Kier alpha value is -0.570. The average Bonchev–Trinajstić information content (AvgIpc) is 2.04. The van der Waals surface area contributed by atoms with Gasteiger partial charge in [-0.3, -0.25) is 4.79 Å². The van der Waals surface area contributed by atoms with E-state index in [1.807, 2.05) is 4.90 Å². The van der Waals surface area contributed by atoms with E-state index in [0.717, 1.165) is 25.3 Å². The molecule has 0 aromatic carbocycles. The number of nitrogens with zero attached hydrogens (tertiary/aromatic N) is 1. The SMILES string of the molecule is CC1CCN(C(=O)CCN)C(C)C1. The maximum absolute atomic E-state index is 11.6. The Bertz CT molecular complexity index is 182. The van der Waals surface area contributed by atoms with Crippen molar-refractivity contribution in [2.75, 3.05) is 13.1 Å². The van der Waals surface area contributed by atoms with E-state index >= 15 is 0 Å². The number of carbonyl (C=O) groups is 1. The average molecular weight is 184 g/mol. The standard InChI is InChI=1S/C10H20N2O/c1-8-4-6-12(9(2)7-8)10(13)3-5-11/h8-9H,3-7,11H2,1-2H3. The molecule has 2 unspecified atom stereocenters. The molecular weight excluding hydrogens is 164 g/mol. The molecule has 0 bridgehead atoms. The van der Waals surface area contributed by atoms with Crippen LogP contribution in [-0.4, -0.2) is 29.9 Å². The molecule has 13 heavy (non-hydrogen) atoms. The van der Waals surface area contributed by atoms with Crippen LogP contribution < -0.4 is 5.73 Å². The van der Waals surface area contributed by atoms with Crippen LogP contribution in [0, 0.1) is 5.92 Å². The second-order valence-electron chi connectivity index (χ2n) is 4.10. The number of amides is 1. The van der Waals surface area contributed by atoms with Gasteiger partial charge in [-0.1, -0.05) is 6.92 Å². The van der Waals surface area contributed by atoms with Crippen LogP contribution in [0.25, 0.3) is 0 Å². The summed E-state index contributed by atoms with van der Waals surface area (Å²) in [7, 11) is 0. The second-order valence-corrected chi connectivity index (χ2v) is 4.10. The van der Waals surface area contributed by atoms with Crippen LogP contribution >= 0.6 is 0 Å². The first-order chi connectivity index (χ1) is 6.15. The third-order valence-electron chi connectivity index (χ3n) is 2.82. The van der Waals surface area contributed by atoms with Crippen LogP contribution in [0.4, 0.5) is 0 Å². The lowest BCUT2D eigenvalue weighted by Gasteiger charge is -2.36. The van der Waals surface area contributed by atoms with Crippen molar-refractivity contribution in [2.45, 2.75) is 39.2 Å². The molecule has 0 aliphatic carbocycles. The van der Waals surface area contributed by atoms with Gasteiger partial charge < -0.3 is 10.6 Å². The highest BCUT2D eigenvalue weighted by atomic mass is 16.2. The van der Waals surface area contributed by atoms with E-state index in [9.17, 15) is 4.79 Å². The first-order valence-electron chi connectivity index (χ1n) is 5.14. The Morgan fingerprint density at radius 3 is 2.77 bits per heavy atom. The highest BCUT2D eigenvalue weighted by Crippen LogP contribution is 2.22. The van der Waals surface area contributed by atoms with Crippen LogP contribution in [-0.2, 0) is 4.79 Å². The van der Waals surface area contributed by atoms with Gasteiger partial charge in [0.25, 0.3) is 0 Å². The molecule has 1 heterocycles. The fourth-order valence-electron chi connectivity index (χ4n) is 2.04. The van der Waals surface area contributed by atoms with Crippen molar-refractivity contribution in [3.05, 3.63) is 0 Å². The highest BCUT2D eigenvalue weighted by molar-refractivity contribution is 5.76. The van der Waals surface area contributed by atoms with Crippen LogP contribution in [0.5, 0.6) is 0 Å². The lowest BCUT2D eigenvalue weighted by atomic mass is 9.93. The topological polar surface area (TPSA) is 46.3 Å². The molecule has 0 spiro atoms. The molecule has 0 radical (unpaired) electrons.